The van der Waals surface area contributed by atoms with Crippen molar-refractivity contribution in [2.24, 2.45) is 0 Å². The normalized spacial score (nSPS) is 10.2. The van der Waals surface area contributed by atoms with Gasteiger partial charge in [0, 0.05) is 11.3 Å². The molecule has 0 atom stereocenters. The van der Waals surface area contributed by atoms with Crippen LogP contribution in [0.25, 0.3) is 0 Å². The Morgan fingerprint density at radius 2 is 1.88 bits per heavy atom. The number of benzene rings is 2. The highest BCUT2D eigenvalue weighted by Gasteiger charge is 2.14. The van der Waals surface area contributed by atoms with Crippen molar-refractivity contribution in [3.8, 4) is 6.07 Å². The molecule has 0 fully saturated rings. The molecule has 118 valence electrons. The van der Waals surface area contributed by atoms with Crippen LogP contribution in [0, 0.1) is 11.3 Å². The minimum absolute atomic E-state index is 0.531. The number of nitriles is 1. The number of rotatable bonds is 4. The predicted molar refractivity (Wildman–Crippen MR) is 106 cm³/mol. The molecule has 3 aromatic rings. The van der Waals surface area contributed by atoms with Gasteiger partial charge in [0.1, 0.15) is 6.07 Å². The number of para-hydroxylation sites is 1. The quantitative estimate of drug-likeness (QED) is 0.412. The Kier molecular flexibility index (Phi) is 5.17. The zero-order valence-corrected chi connectivity index (χ0v) is 15.4. The van der Waals surface area contributed by atoms with Gasteiger partial charge in [0.05, 0.1) is 31.0 Å². The zero-order chi connectivity index (χ0) is 17.1. The summed E-state index contributed by atoms with van der Waals surface area (Å²) in [4.78, 5) is 1.47. The van der Waals surface area contributed by atoms with Gasteiger partial charge in [-0.05, 0) is 41.8 Å². The first-order valence-electron chi connectivity index (χ1n) is 6.93. The molecule has 0 amide bonds. The molecule has 1 aromatic heterocycles. The first-order valence-corrected chi connectivity index (χ1v) is 8.98. The molecule has 0 radical (unpaired) electrons. The third kappa shape index (κ3) is 3.45. The van der Waals surface area contributed by atoms with Gasteiger partial charge in [-0.3, -0.25) is 0 Å². The molecular formula is C18H10Cl2N2S2. The van der Waals surface area contributed by atoms with Crippen LogP contribution in [0.3, 0.4) is 0 Å². The Balaban J connectivity index is 1.89. The smallest absolute Gasteiger partial charge is 0.101 e. The van der Waals surface area contributed by atoms with Gasteiger partial charge in [-0.1, -0.05) is 47.6 Å². The summed E-state index contributed by atoms with van der Waals surface area (Å²) in [5.41, 5.74) is 2.84. The maximum absolute atomic E-state index is 9.16. The van der Waals surface area contributed by atoms with E-state index in [9.17, 15) is 0 Å². The molecule has 0 spiro atoms. The molecule has 0 aliphatic heterocycles. The third-order valence-electron chi connectivity index (χ3n) is 3.36. The number of thiophene rings is 1. The molecule has 3 rings (SSSR count). The number of thiocarbonyl (C=S) groups is 1. The van der Waals surface area contributed by atoms with Crippen LogP contribution in [-0.4, -0.2) is 4.86 Å². The van der Waals surface area contributed by atoms with Crippen LogP contribution in [0.5, 0.6) is 0 Å². The second kappa shape index (κ2) is 7.33. The van der Waals surface area contributed by atoms with Gasteiger partial charge >= 0.3 is 0 Å². The molecule has 2 nitrogen and oxygen atoms in total. The Morgan fingerprint density at radius 1 is 1.08 bits per heavy atom. The second-order valence-corrected chi connectivity index (χ2v) is 7.04. The van der Waals surface area contributed by atoms with Crippen LogP contribution in [0.2, 0.25) is 10.0 Å². The molecule has 24 heavy (non-hydrogen) atoms. The molecular weight excluding hydrogens is 379 g/mol. The van der Waals surface area contributed by atoms with Gasteiger partial charge in [0.25, 0.3) is 0 Å². The molecule has 1 N–H and O–H groups in total. The lowest BCUT2D eigenvalue weighted by Gasteiger charge is -2.11. The molecule has 0 saturated carbocycles. The molecule has 0 aliphatic carbocycles. The highest BCUT2D eigenvalue weighted by atomic mass is 35.5. The van der Waals surface area contributed by atoms with Crippen LogP contribution in [-0.2, 0) is 0 Å². The highest BCUT2D eigenvalue weighted by Crippen LogP contribution is 2.31. The van der Waals surface area contributed by atoms with E-state index in [4.69, 9.17) is 40.7 Å². The predicted octanol–water partition coefficient (Wildman–Crippen LogP) is 6.44. The Labute approximate surface area is 159 Å². The highest BCUT2D eigenvalue weighted by molar-refractivity contribution is 7.81. The van der Waals surface area contributed by atoms with Gasteiger partial charge < -0.3 is 5.32 Å². The van der Waals surface area contributed by atoms with Crippen molar-refractivity contribution < 1.29 is 0 Å². The fraction of sp³-hybridized carbons (Fsp3) is 0. The third-order valence-corrected chi connectivity index (χ3v) is 5.59. The summed E-state index contributed by atoms with van der Waals surface area (Å²) in [5.74, 6) is 0. The van der Waals surface area contributed by atoms with E-state index in [0.29, 0.717) is 20.5 Å². The molecule has 1 heterocycles. The van der Waals surface area contributed by atoms with Crippen molar-refractivity contribution in [2.75, 3.05) is 5.32 Å². The van der Waals surface area contributed by atoms with Gasteiger partial charge in [-0.2, -0.15) is 5.26 Å². The van der Waals surface area contributed by atoms with Crippen LogP contribution < -0.4 is 5.32 Å². The summed E-state index contributed by atoms with van der Waals surface area (Å²) in [7, 11) is 0. The van der Waals surface area contributed by atoms with Crippen molar-refractivity contribution in [1.29, 1.82) is 5.26 Å². The lowest BCUT2D eigenvalue weighted by Crippen LogP contribution is -2.00. The second-order valence-electron chi connectivity index (χ2n) is 4.90. The largest absolute Gasteiger partial charge is 0.354 e. The van der Waals surface area contributed by atoms with E-state index < -0.39 is 0 Å². The topological polar surface area (TPSA) is 35.8 Å². The fourth-order valence-electron chi connectivity index (χ4n) is 2.20. The summed E-state index contributed by atoms with van der Waals surface area (Å²) in [5, 5.41) is 15.4. The van der Waals surface area contributed by atoms with Crippen molar-refractivity contribution >= 4 is 63.0 Å². The number of hydrogen-bond donors (Lipinski definition) is 1. The van der Waals surface area contributed by atoms with E-state index >= 15 is 0 Å². The van der Waals surface area contributed by atoms with E-state index in [1.54, 1.807) is 12.1 Å². The van der Waals surface area contributed by atoms with Crippen LogP contribution in [0.15, 0.2) is 53.9 Å². The van der Waals surface area contributed by atoms with Gasteiger partial charge in [-0.15, -0.1) is 11.3 Å². The Bertz CT molecular complexity index is 958. The minimum atomic E-state index is 0.531. The first kappa shape index (κ1) is 16.9. The minimum Gasteiger partial charge on any atom is -0.354 e. The fourth-order valence-corrected chi connectivity index (χ4v) is 4.12. The van der Waals surface area contributed by atoms with Gasteiger partial charge in [-0.25, -0.2) is 0 Å². The monoisotopic (exact) mass is 388 g/mol. The Morgan fingerprint density at radius 3 is 2.54 bits per heavy atom. The van der Waals surface area contributed by atoms with Crippen LogP contribution in [0.1, 0.15) is 16.0 Å². The summed E-state index contributed by atoms with van der Waals surface area (Å²) >= 11 is 19.5. The maximum atomic E-state index is 9.16. The molecule has 0 saturated heterocycles. The molecule has 0 bridgehead atoms. The first-order chi connectivity index (χ1) is 11.6. The molecule has 0 unspecified atom stereocenters. The molecule has 0 aliphatic rings. The number of halogens is 2. The van der Waals surface area contributed by atoms with Gasteiger partial charge in [0.2, 0.25) is 0 Å². The van der Waals surface area contributed by atoms with Crippen molar-refractivity contribution in [2.45, 2.75) is 0 Å². The number of nitrogens with zero attached hydrogens (tertiary/aromatic N) is 1. The lowest BCUT2D eigenvalue weighted by molar-refractivity contribution is 1.46. The SMILES string of the molecule is N#Cc1ccccc1Nc1ccc(C(=S)c2sccc2Cl)c(Cl)c1. The van der Waals surface area contributed by atoms with Crippen molar-refractivity contribution in [1.82, 2.24) is 0 Å². The van der Waals surface area contributed by atoms with E-state index in [0.717, 1.165) is 21.8 Å². The van der Waals surface area contributed by atoms with E-state index in [1.165, 1.54) is 11.3 Å². The van der Waals surface area contributed by atoms with Crippen LogP contribution in [0.4, 0.5) is 11.4 Å². The number of nitrogens with one attached hydrogen (secondary N) is 1. The maximum Gasteiger partial charge on any atom is 0.101 e. The van der Waals surface area contributed by atoms with E-state index in [1.807, 2.05) is 41.8 Å². The molecule has 6 heteroatoms. The van der Waals surface area contributed by atoms with E-state index in [-0.39, 0.29) is 0 Å². The van der Waals surface area contributed by atoms with Gasteiger partial charge in [0.15, 0.2) is 0 Å². The molecule has 2 aromatic carbocycles. The number of anilines is 2. The Hall–Kier alpha value is -1.90. The summed E-state index contributed by atoms with van der Waals surface area (Å²) < 4.78 is 0. The van der Waals surface area contributed by atoms with Crippen LogP contribution >= 0.6 is 46.8 Å². The average Bonchev–Trinajstić information content (AvgIpc) is 3.01. The standard InChI is InChI=1S/C18H10Cl2N2S2/c19-14-7-8-24-18(14)17(23)13-6-5-12(9-15(13)20)22-16-4-2-1-3-11(16)10-21/h1-9,22H. The summed E-state index contributed by atoms with van der Waals surface area (Å²) in [6, 6.07) is 16.8. The average molecular weight is 389 g/mol. The summed E-state index contributed by atoms with van der Waals surface area (Å²) in [6.07, 6.45) is 0. The number of hydrogen-bond acceptors (Lipinski definition) is 4. The zero-order valence-electron chi connectivity index (χ0n) is 12.2. The van der Waals surface area contributed by atoms with E-state index in [2.05, 4.69) is 11.4 Å². The summed E-state index contributed by atoms with van der Waals surface area (Å²) in [6.45, 7) is 0. The van der Waals surface area contributed by atoms with Crippen molar-refractivity contribution in [3.05, 3.63) is 80.0 Å². The lowest BCUT2D eigenvalue weighted by atomic mass is 10.1. The van der Waals surface area contributed by atoms with Crippen molar-refractivity contribution in [3.63, 3.8) is 0 Å².